The molecule has 0 aliphatic heterocycles. The number of carbonyl (C=O) groups excluding carboxylic acids is 1. The molecule has 5 nitrogen and oxygen atoms in total. The highest BCUT2D eigenvalue weighted by Crippen LogP contribution is 2.22. The number of imidazole rings is 1. The van der Waals surface area contributed by atoms with Gasteiger partial charge in [0.1, 0.15) is 11.9 Å². The molecule has 0 spiro atoms. The van der Waals surface area contributed by atoms with E-state index in [2.05, 4.69) is 36.0 Å². The number of nitrogens with one attached hydrogen (secondary N) is 1. The van der Waals surface area contributed by atoms with Gasteiger partial charge in [-0.05, 0) is 50.6 Å². The number of hydrogen-bond acceptors (Lipinski definition) is 3. The maximum Gasteiger partial charge on any atom is 0.252 e. The smallest absolute Gasteiger partial charge is 0.252 e. The molecular formula is C23H28N4O. The summed E-state index contributed by atoms with van der Waals surface area (Å²) in [7, 11) is 1.93. The molecule has 3 aromatic rings. The Bertz CT molecular complexity index is 900. The van der Waals surface area contributed by atoms with E-state index in [0.29, 0.717) is 11.6 Å². The maximum absolute atomic E-state index is 13.0. The van der Waals surface area contributed by atoms with Crippen LogP contribution in [0.2, 0.25) is 0 Å². The topological polar surface area (TPSA) is 50.2 Å². The normalized spacial score (nSPS) is 12.0. The second-order valence-electron chi connectivity index (χ2n) is 7.14. The standard InChI is InChI=1S/C23H28N4O/c1-5-27(17(2)3)20-13-11-19(12-14-20)23(28)25-21(18-9-7-6-8-10-18)22-24-15-16-26(22)4/h6-17,21H,5H2,1-4H3,(H,25,28). The summed E-state index contributed by atoms with van der Waals surface area (Å²) in [4.78, 5) is 19.7. The highest BCUT2D eigenvalue weighted by molar-refractivity contribution is 5.95. The molecule has 1 aromatic heterocycles. The molecule has 1 atom stereocenters. The molecule has 1 N–H and O–H groups in total. The van der Waals surface area contributed by atoms with E-state index in [0.717, 1.165) is 23.6 Å². The summed E-state index contributed by atoms with van der Waals surface area (Å²) in [5, 5.41) is 3.14. The molecule has 1 amide bonds. The van der Waals surface area contributed by atoms with Gasteiger partial charge in [-0.3, -0.25) is 4.79 Å². The molecule has 1 heterocycles. The van der Waals surface area contributed by atoms with Crippen LogP contribution in [-0.4, -0.2) is 28.0 Å². The summed E-state index contributed by atoms with van der Waals surface area (Å²) in [6, 6.07) is 17.8. The molecule has 28 heavy (non-hydrogen) atoms. The lowest BCUT2D eigenvalue weighted by molar-refractivity contribution is 0.0941. The van der Waals surface area contributed by atoms with E-state index in [-0.39, 0.29) is 11.9 Å². The van der Waals surface area contributed by atoms with Gasteiger partial charge in [0.05, 0.1) is 0 Å². The zero-order chi connectivity index (χ0) is 20.1. The predicted molar refractivity (Wildman–Crippen MR) is 114 cm³/mol. The molecule has 0 aliphatic rings. The number of aromatic nitrogens is 2. The number of benzene rings is 2. The van der Waals surface area contributed by atoms with Crippen LogP contribution in [0.4, 0.5) is 5.69 Å². The molecule has 0 saturated heterocycles. The van der Waals surface area contributed by atoms with Crippen LogP contribution in [-0.2, 0) is 7.05 Å². The summed E-state index contributed by atoms with van der Waals surface area (Å²) in [6.45, 7) is 7.40. The minimum atomic E-state index is -0.309. The Morgan fingerprint density at radius 1 is 1.11 bits per heavy atom. The van der Waals surface area contributed by atoms with Crippen LogP contribution in [0, 0.1) is 0 Å². The number of hydrogen-bond donors (Lipinski definition) is 1. The van der Waals surface area contributed by atoms with Crippen molar-refractivity contribution in [3.63, 3.8) is 0 Å². The lowest BCUT2D eigenvalue weighted by Gasteiger charge is -2.27. The summed E-state index contributed by atoms with van der Waals surface area (Å²) in [5.41, 5.74) is 2.76. The number of carbonyl (C=O) groups is 1. The fourth-order valence-corrected chi connectivity index (χ4v) is 3.46. The second-order valence-corrected chi connectivity index (χ2v) is 7.14. The van der Waals surface area contributed by atoms with Crippen LogP contribution in [0.3, 0.4) is 0 Å². The van der Waals surface area contributed by atoms with Gasteiger partial charge in [-0.15, -0.1) is 0 Å². The fraction of sp³-hybridized carbons (Fsp3) is 0.304. The van der Waals surface area contributed by atoms with Crippen LogP contribution in [0.15, 0.2) is 67.0 Å². The molecule has 1 unspecified atom stereocenters. The second kappa shape index (κ2) is 8.74. The van der Waals surface area contributed by atoms with Gasteiger partial charge in [-0.1, -0.05) is 30.3 Å². The minimum Gasteiger partial charge on any atom is -0.369 e. The third kappa shape index (κ3) is 4.25. The Kier molecular flexibility index (Phi) is 6.14. The number of amides is 1. The van der Waals surface area contributed by atoms with E-state index in [1.54, 1.807) is 6.20 Å². The minimum absolute atomic E-state index is 0.115. The van der Waals surface area contributed by atoms with Crippen molar-refractivity contribution < 1.29 is 4.79 Å². The maximum atomic E-state index is 13.0. The zero-order valence-corrected chi connectivity index (χ0v) is 17.0. The average Bonchev–Trinajstić information content (AvgIpc) is 3.13. The van der Waals surface area contributed by atoms with Crippen molar-refractivity contribution in [3.8, 4) is 0 Å². The molecule has 0 radical (unpaired) electrons. The Morgan fingerprint density at radius 3 is 2.32 bits per heavy atom. The third-order valence-corrected chi connectivity index (χ3v) is 4.95. The van der Waals surface area contributed by atoms with Crippen molar-refractivity contribution in [1.29, 1.82) is 0 Å². The molecule has 5 heteroatoms. The highest BCUT2D eigenvalue weighted by Gasteiger charge is 2.21. The van der Waals surface area contributed by atoms with E-state index in [9.17, 15) is 4.79 Å². The van der Waals surface area contributed by atoms with Crippen molar-refractivity contribution in [2.24, 2.45) is 7.05 Å². The van der Waals surface area contributed by atoms with Crippen molar-refractivity contribution >= 4 is 11.6 Å². The van der Waals surface area contributed by atoms with Gasteiger partial charge >= 0.3 is 0 Å². The van der Waals surface area contributed by atoms with Gasteiger partial charge in [0, 0.05) is 43.3 Å². The number of nitrogens with zero attached hydrogens (tertiary/aromatic N) is 3. The van der Waals surface area contributed by atoms with Gasteiger partial charge in [0.25, 0.3) is 5.91 Å². The largest absolute Gasteiger partial charge is 0.369 e. The summed E-state index contributed by atoms with van der Waals surface area (Å²) < 4.78 is 1.93. The Balaban J connectivity index is 1.84. The monoisotopic (exact) mass is 376 g/mol. The first-order chi connectivity index (χ1) is 13.5. The quantitative estimate of drug-likeness (QED) is 0.673. The number of rotatable bonds is 7. The number of aryl methyl sites for hydroxylation is 1. The average molecular weight is 377 g/mol. The van der Waals surface area contributed by atoms with Gasteiger partial charge in [0.2, 0.25) is 0 Å². The molecular weight excluding hydrogens is 348 g/mol. The highest BCUT2D eigenvalue weighted by atomic mass is 16.1. The fourth-order valence-electron chi connectivity index (χ4n) is 3.46. The van der Waals surface area contributed by atoms with Crippen molar-refractivity contribution in [1.82, 2.24) is 14.9 Å². The zero-order valence-electron chi connectivity index (χ0n) is 17.0. The van der Waals surface area contributed by atoms with Gasteiger partial charge < -0.3 is 14.8 Å². The van der Waals surface area contributed by atoms with Crippen molar-refractivity contribution in [2.45, 2.75) is 32.9 Å². The Labute approximate surface area is 167 Å². The van der Waals surface area contributed by atoms with E-state index < -0.39 is 0 Å². The first kappa shape index (κ1) is 19.7. The summed E-state index contributed by atoms with van der Waals surface area (Å²) in [6.07, 6.45) is 3.63. The molecule has 0 bridgehead atoms. The molecule has 0 aliphatic carbocycles. The van der Waals surface area contributed by atoms with Crippen LogP contribution >= 0.6 is 0 Å². The van der Waals surface area contributed by atoms with Gasteiger partial charge in [-0.2, -0.15) is 0 Å². The lowest BCUT2D eigenvalue weighted by Crippen LogP contribution is -2.32. The molecule has 3 rings (SSSR count). The van der Waals surface area contributed by atoms with Crippen LogP contribution < -0.4 is 10.2 Å². The van der Waals surface area contributed by atoms with E-state index >= 15 is 0 Å². The first-order valence-corrected chi connectivity index (χ1v) is 9.71. The van der Waals surface area contributed by atoms with Crippen molar-refractivity contribution in [3.05, 3.63) is 83.9 Å². The van der Waals surface area contributed by atoms with Crippen molar-refractivity contribution in [2.75, 3.05) is 11.4 Å². The molecule has 0 fully saturated rings. The molecule has 0 saturated carbocycles. The van der Waals surface area contributed by atoms with E-state index in [1.807, 2.05) is 72.4 Å². The van der Waals surface area contributed by atoms with E-state index in [1.165, 1.54) is 0 Å². The first-order valence-electron chi connectivity index (χ1n) is 9.71. The Hall–Kier alpha value is -3.08. The molecule has 2 aromatic carbocycles. The van der Waals surface area contributed by atoms with Crippen LogP contribution in [0.5, 0.6) is 0 Å². The molecule has 146 valence electrons. The predicted octanol–water partition coefficient (Wildman–Crippen LogP) is 4.17. The summed E-state index contributed by atoms with van der Waals surface area (Å²) in [5.74, 6) is 0.684. The SMILES string of the molecule is CCN(c1ccc(C(=O)NC(c2ccccc2)c2nccn2C)cc1)C(C)C. The van der Waals surface area contributed by atoms with Crippen LogP contribution in [0.25, 0.3) is 0 Å². The lowest BCUT2D eigenvalue weighted by atomic mass is 10.1. The summed E-state index contributed by atoms with van der Waals surface area (Å²) >= 11 is 0. The number of anilines is 1. The van der Waals surface area contributed by atoms with Crippen LogP contribution in [0.1, 0.15) is 48.6 Å². The van der Waals surface area contributed by atoms with Gasteiger partial charge in [-0.25, -0.2) is 4.98 Å². The Morgan fingerprint density at radius 2 is 1.79 bits per heavy atom. The third-order valence-electron chi connectivity index (χ3n) is 4.95. The van der Waals surface area contributed by atoms with Gasteiger partial charge in [0.15, 0.2) is 0 Å². The van der Waals surface area contributed by atoms with E-state index in [4.69, 9.17) is 0 Å².